The van der Waals surface area contributed by atoms with Crippen LogP contribution in [0.4, 0.5) is 30.7 Å². The van der Waals surface area contributed by atoms with Gasteiger partial charge in [0, 0.05) is 10.6 Å². The third-order valence-electron chi connectivity index (χ3n) is 2.06. The van der Waals surface area contributed by atoms with Crippen molar-refractivity contribution in [3.05, 3.63) is 34.4 Å². The monoisotopic (exact) mass is 296 g/mol. The number of halogens is 8. The molecular formula is C9H4ClF7O. The minimum Gasteiger partial charge on any atom is -0.382 e. The van der Waals surface area contributed by atoms with E-state index in [1.54, 1.807) is 0 Å². The Morgan fingerprint density at radius 3 is 1.89 bits per heavy atom. The lowest BCUT2D eigenvalue weighted by molar-refractivity contribution is -0.315. The first kappa shape index (κ1) is 15.0. The average molecular weight is 297 g/mol. The van der Waals surface area contributed by atoms with Gasteiger partial charge in [-0.15, -0.1) is 0 Å². The molecule has 9 heteroatoms. The zero-order valence-corrected chi connectivity index (χ0v) is 8.96. The van der Waals surface area contributed by atoms with Gasteiger partial charge in [0.05, 0.1) is 0 Å². The van der Waals surface area contributed by atoms with Crippen LogP contribution in [0.25, 0.3) is 0 Å². The van der Waals surface area contributed by atoms with E-state index in [9.17, 15) is 30.7 Å². The molecule has 1 aromatic rings. The van der Waals surface area contributed by atoms with Gasteiger partial charge in [-0.1, -0.05) is 11.6 Å². The van der Waals surface area contributed by atoms with Gasteiger partial charge in [-0.05, 0) is 12.1 Å². The summed E-state index contributed by atoms with van der Waals surface area (Å²) in [6.45, 7) is 0. The topological polar surface area (TPSA) is 20.2 Å². The summed E-state index contributed by atoms with van der Waals surface area (Å²) in [6.07, 6.45) is -9.49. The lowest BCUT2D eigenvalue weighted by Crippen LogP contribution is -2.42. The Morgan fingerprint density at radius 1 is 1.00 bits per heavy atom. The van der Waals surface area contributed by atoms with Gasteiger partial charge in [-0.2, -0.15) is 22.0 Å². The van der Waals surface area contributed by atoms with Gasteiger partial charge in [0.2, 0.25) is 0 Å². The van der Waals surface area contributed by atoms with E-state index in [1.165, 1.54) is 0 Å². The number of aliphatic hydroxyl groups is 1. The Bertz CT molecular complexity index is 457. The molecule has 0 spiro atoms. The predicted octanol–water partition coefficient (Wildman–Crippen LogP) is 3.85. The second kappa shape index (κ2) is 4.58. The molecule has 0 aliphatic carbocycles. The van der Waals surface area contributed by atoms with Crippen molar-refractivity contribution in [1.82, 2.24) is 0 Å². The first-order valence-electron chi connectivity index (χ1n) is 4.25. The van der Waals surface area contributed by atoms with Crippen LogP contribution in [0, 0.1) is 11.6 Å². The van der Waals surface area contributed by atoms with Crippen LogP contribution in [0.15, 0.2) is 12.1 Å². The molecule has 0 heterocycles. The number of aliphatic hydroxyl groups excluding tert-OH is 1. The molecule has 1 rings (SSSR count). The van der Waals surface area contributed by atoms with E-state index in [4.69, 9.17) is 16.7 Å². The van der Waals surface area contributed by atoms with Crippen molar-refractivity contribution < 1.29 is 35.8 Å². The molecule has 0 aliphatic rings. The van der Waals surface area contributed by atoms with Crippen LogP contribution in [0.5, 0.6) is 0 Å². The van der Waals surface area contributed by atoms with Gasteiger partial charge in [0.15, 0.2) is 17.7 Å². The molecule has 0 fully saturated rings. The molecule has 0 radical (unpaired) electrons. The molecule has 0 aromatic heterocycles. The van der Waals surface area contributed by atoms with Crippen LogP contribution in [-0.2, 0) is 0 Å². The zero-order valence-electron chi connectivity index (χ0n) is 8.20. The maximum Gasteiger partial charge on any atom is 0.456 e. The Hall–Kier alpha value is -1.02. The highest BCUT2D eigenvalue weighted by molar-refractivity contribution is 6.31. The smallest absolute Gasteiger partial charge is 0.382 e. The van der Waals surface area contributed by atoms with Gasteiger partial charge in [-0.3, -0.25) is 0 Å². The van der Waals surface area contributed by atoms with E-state index < -0.39 is 40.4 Å². The molecule has 1 aromatic carbocycles. The minimum atomic E-state index is -6.05. The van der Waals surface area contributed by atoms with E-state index in [-0.39, 0.29) is 12.1 Å². The van der Waals surface area contributed by atoms with Crippen molar-refractivity contribution in [1.29, 1.82) is 0 Å². The molecule has 102 valence electrons. The van der Waals surface area contributed by atoms with E-state index in [0.29, 0.717) is 0 Å². The summed E-state index contributed by atoms with van der Waals surface area (Å²) in [5.74, 6) is -8.78. The summed E-state index contributed by atoms with van der Waals surface area (Å²) in [5, 5.41) is 8.00. The standard InChI is InChI=1S/C9H4ClF7O/c10-4-2-6(12)5(11)1-3(4)7(18)8(13,14)9(15,16)17/h1-2,7,18H. The Balaban J connectivity index is 3.27. The fraction of sp³-hybridized carbons (Fsp3) is 0.333. The molecule has 1 N–H and O–H groups in total. The molecular weight excluding hydrogens is 293 g/mol. The molecule has 0 saturated heterocycles. The van der Waals surface area contributed by atoms with Crippen molar-refractivity contribution in [3.8, 4) is 0 Å². The first-order valence-corrected chi connectivity index (χ1v) is 4.63. The van der Waals surface area contributed by atoms with Crippen LogP contribution in [0.2, 0.25) is 5.02 Å². The molecule has 1 unspecified atom stereocenters. The third-order valence-corrected chi connectivity index (χ3v) is 2.38. The fourth-order valence-electron chi connectivity index (χ4n) is 1.10. The number of hydrogen-bond acceptors (Lipinski definition) is 1. The number of rotatable bonds is 2. The normalized spacial score (nSPS) is 14.7. The largest absolute Gasteiger partial charge is 0.456 e. The summed E-state index contributed by atoms with van der Waals surface area (Å²) in [7, 11) is 0. The Morgan fingerprint density at radius 2 is 1.44 bits per heavy atom. The maximum absolute atomic E-state index is 12.8. The molecule has 18 heavy (non-hydrogen) atoms. The van der Waals surface area contributed by atoms with Crippen molar-refractivity contribution in [2.24, 2.45) is 0 Å². The second-order valence-electron chi connectivity index (χ2n) is 3.31. The molecule has 0 bridgehead atoms. The molecule has 0 saturated carbocycles. The van der Waals surface area contributed by atoms with Gasteiger partial charge >= 0.3 is 12.1 Å². The van der Waals surface area contributed by atoms with Gasteiger partial charge in [0.25, 0.3) is 0 Å². The fourth-order valence-corrected chi connectivity index (χ4v) is 1.35. The van der Waals surface area contributed by atoms with Crippen molar-refractivity contribution in [2.75, 3.05) is 0 Å². The quantitative estimate of drug-likeness (QED) is 0.649. The first-order chi connectivity index (χ1) is 7.98. The number of alkyl halides is 5. The summed E-state index contributed by atoms with van der Waals surface area (Å²) >= 11 is 5.19. The van der Waals surface area contributed by atoms with Crippen LogP contribution < -0.4 is 0 Å². The van der Waals surface area contributed by atoms with Crippen LogP contribution >= 0.6 is 11.6 Å². The Kier molecular flexibility index (Phi) is 3.83. The van der Waals surface area contributed by atoms with Gasteiger partial charge in [-0.25, -0.2) is 8.78 Å². The predicted molar refractivity (Wildman–Crippen MR) is 47.3 cm³/mol. The van der Waals surface area contributed by atoms with Gasteiger partial charge < -0.3 is 5.11 Å². The summed E-state index contributed by atoms with van der Waals surface area (Å²) in [4.78, 5) is 0. The van der Waals surface area contributed by atoms with E-state index in [0.717, 1.165) is 0 Å². The zero-order chi connectivity index (χ0) is 14.3. The highest BCUT2D eigenvalue weighted by atomic mass is 35.5. The lowest BCUT2D eigenvalue weighted by Gasteiger charge is -2.25. The summed E-state index contributed by atoms with van der Waals surface area (Å²) < 4.78 is 86.8. The van der Waals surface area contributed by atoms with Crippen molar-refractivity contribution >= 4 is 11.6 Å². The summed E-state index contributed by atoms with van der Waals surface area (Å²) in [5.41, 5.74) is -1.25. The number of benzene rings is 1. The molecule has 0 aliphatic heterocycles. The lowest BCUT2D eigenvalue weighted by atomic mass is 10.0. The Labute approximate surface area is 101 Å². The maximum atomic E-state index is 12.8. The van der Waals surface area contributed by atoms with Crippen molar-refractivity contribution in [3.63, 3.8) is 0 Å². The average Bonchev–Trinajstić information content (AvgIpc) is 2.20. The van der Waals surface area contributed by atoms with Gasteiger partial charge in [0.1, 0.15) is 0 Å². The molecule has 1 atom stereocenters. The van der Waals surface area contributed by atoms with Crippen LogP contribution in [0.1, 0.15) is 11.7 Å². The van der Waals surface area contributed by atoms with E-state index >= 15 is 0 Å². The van der Waals surface area contributed by atoms with Crippen LogP contribution in [0.3, 0.4) is 0 Å². The van der Waals surface area contributed by atoms with E-state index in [1.807, 2.05) is 0 Å². The highest BCUT2D eigenvalue weighted by Crippen LogP contribution is 2.46. The third kappa shape index (κ3) is 2.54. The SMILES string of the molecule is OC(c1cc(F)c(F)cc1Cl)C(F)(F)C(F)(F)F. The van der Waals surface area contributed by atoms with Crippen molar-refractivity contribution in [2.45, 2.75) is 18.2 Å². The molecule has 1 nitrogen and oxygen atoms in total. The second-order valence-corrected chi connectivity index (χ2v) is 3.72. The molecule has 0 amide bonds. The van der Waals surface area contributed by atoms with E-state index in [2.05, 4.69) is 0 Å². The number of hydrogen-bond donors (Lipinski definition) is 1. The minimum absolute atomic E-state index is 0.0119. The summed E-state index contributed by atoms with van der Waals surface area (Å²) in [6, 6.07) is 0.184. The van der Waals surface area contributed by atoms with Crippen LogP contribution in [-0.4, -0.2) is 17.2 Å². The highest BCUT2D eigenvalue weighted by Gasteiger charge is 2.63.